The molecule has 0 unspecified atom stereocenters. The first-order valence-corrected chi connectivity index (χ1v) is 7.60. The van der Waals surface area contributed by atoms with E-state index < -0.39 is 0 Å². The molecule has 0 heterocycles. The fraction of sp³-hybridized carbons (Fsp3) is 0.500. The summed E-state index contributed by atoms with van der Waals surface area (Å²) in [5.41, 5.74) is 2.57. The van der Waals surface area contributed by atoms with Gasteiger partial charge in [-0.1, -0.05) is 0 Å². The molecular weight excluding hydrogens is 237 g/mol. The molecule has 2 heteroatoms. The number of nitrogens with zero attached hydrogens (tertiary/aromatic N) is 1. The molecule has 1 nitrogen and oxygen atoms in total. The molecule has 1 aromatic rings. The third-order valence-corrected chi connectivity index (χ3v) is 4.53. The van der Waals surface area contributed by atoms with Crippen molar-refractivity contribution < 1.29 is 0 Å². The van der Waals surface area contributed by atoms with E-state index in [1.165, 1.54) is 29.3 Å². The Morgan fingerprint density at radius 2 is 1.93 bits per heavy atom. The normalized spacial score (nSPS) is 10.1. The van der Waals surface area contributed by atoms with Crippen molar-refractivity contribution in [1.29, 1.82) is 0 Å². The number of para-hydroxylation sites is 1. The maximum absolute atomic E-state index is 2.36. The zero-order valence-corrected chi connectivity index (χ0v) is 10.8. The van der Waals surface area contributed by atoms with Gasteiger partial charge in [0.1, 0.15) is 0 Å². The molecular formula is C12H19NSe. The van der Waals surface area contributed by atoms with Crippen LogP contribution in [0.15, 0.2) is 30.3 Å². The molecule has 0 atom stereocenters. The van der Waals surface area contributed by atoms with Gasteiger partial charge < -0.3 is 0 Å². The third-order valence-electron chi connectivity index (χ3n) is 2.12. The van der Waals surface area contributed by atoms with Gasteiger partial charge in [-0.2, -0.15) is 0 Å². The monoisotopic (exact) mass is 257 g/mol. The molecule has 0 aliphatic carbocycles. The summed E-state index contributed by atoms with van der Waals surface area (Å²) in [6.07, 6.45) is 2.72. The summed E-state index contributed by atoms with van der Waals surface area (Å²) in [7, 11) is 2.18. The molecule has 0 radical (unpaired) electrons. The van der Waals surface area contributed by atoms with E-state index in [4.69, 9.17) is 0 Å². The molecule has 1 aromatic carbocycles. The Balaban J connectivity index is 2.25. The van der Waals surface area contributed by atoms with Gasteiger partial charge in [-0.15, -0.1) is 0 Å². The second-order valence-electron chi connectivity index (χ2n) is 3.42. The molecule has 0 fully saturated rings. The Kier molecular flexibility index (Phi) is 5.74. The Labute approximate surface area is 93.7 Å². The Morgan fingerprint density at radius 1 is 1.21 bits per heavy atom. The number of unbranched alkanes of at least 4 members (excludes halogenated alkanes) is 1. The van der Waals surface area contributed by atoms with Gasteiger partial charge >= 0.3 is 93.5 Å². The topological polar surface area (TPSA) is 3.24 Å². The van der Waals surface area contributed by atoms with Gasteiger partial charge in [-0.25, -0.2) is 0 Å². The first-order valence-electron chi connectivity index (χ1n) is 5.18. The van der Waals surface area contributed by atoms with Crippen LogP contribution in [0.1, 0.15) is 19.8 Å². The van der Waals surface area contributed by atoms with E-state index in [-0.39, 0.29) is 0 Å². The quantitative estimate of drug-likeness (QED) is 0.558. The van der Waals surface area contributed by atoms with E-state index in [0.29, 0.717) is 0 Å². The maximum atomic E-state index is 2.36. The number of benzene rings is 1. The predicted molar refractivity (Wildman–Crippen MR) is 65.2 cm³/mol. The molecule has 0 bridgehead atoms. The molecule has 0 aromatic heterocycles. The zero-order chi connectivity index (χ0) is 10.2. The zero-order valence-electron chi connectivity index (χ0n) is 9.07. The molecule has 0 saturated heterocycles. The van der Waals surface area contributed by atoms with E-state index in [2.05, 4.69) is 49.2 Å². The minimum atomic E-state index is 0.778. The van der Waals surface area contributed by atoms with E-state index in [1.807, 2.05) is 0 Å². The van der Waals surface area contributed by atoms with Crippen LogP contribution in [-0.2, 0) is 0 Å². The molecule has 78 valence electrons. The van der Waals surface area contributed by atoms with Crippen LogP contribution in [0, 0.1) is 0 Å². The average molecular weight is 256 g/mol. The van der Waals surface area contributed by atoms with Crippen molar-refractivity contribution >= 4 is 20.6 Å². The first kappa shape index (κ1) is 11.6. The van der Waals surface area contributed by atoms with Crippen LogP contribution in [0.3, 0.4) is 0 Å². The van der Waals surface area contributed by atoms with Crippen molar-refractivity contribution in [3.05, 3.63) is 30.3 Å². The molecule has 0 saturated carbocycles. The standard InChI is InChI=1S/C12H19NSe/c1-3-4-10-14-11-13(2)12-8-6-5-7-9-12/h5-9H,3-4,10-11H2,1-2H3. The molecule has 1 rings (SSSR count). The van der Waals surface area contributed by atoms with E-state index >= 15 is 0 Å². The van der Waals surface area contributed by atoms with Gasteiger partial charge in [0.25, 0.3) is 0 Å². The molecule has 0 aliphatic rings. The Bertz CT molecular complexity index is 235. The second kappa shape index (κ2) is 6.91. The fourth-order valence-corrected chi connectivity index (χ4v) is 3.40. The summed E-state index contributed by atoms with van der Waals surface area (Å²) >= 11 is 0.778. The summed E-state index contributed by atoms with van der Waals surface area (Å²) in [4.78, 5) is 2.36. The average Bonchev–Trinajstić information content (AvgIpc) is 2.25. The molecule has 14 heavy (non-hydrogen) atoms. The Hall–Kier alpha value is -0.461. The summed E-state index contributed by atoms with van der Waals surface area (Å²) in [5, 5.41) is 1.42. The SMILES string of the molecule is CCCC[Se]CN(C)c1ccccc1. The van der Waals surface area contributed by atoms with Crippen LogP contribution in [0.5, 0.6) is 0 Å². The summed E-state index contributed by atoms with van der Waals surface area (Å²) < 4.78 is 0. The third kappa shape index (κ3) is 4.17. The Morgan fingerprint density at radius 3 is 2.57 bits per heavy atom. The van der Waals surface area contributed by atoms with Crippen LogP contribution in [0.4, 0.5) is 5.69 Å². The molecule has 0 spiro atoms. The van der Waals surface area contributed by atoms with Crippen LogP contribution in [0.25, 0.3) is 0 Å². The first-order chi connectivity index (χ1) is 6.84. The van der Waals surface area contributed by atoms with E-state index in [0.717, 1.165) is 15.0 Å². The molecule has 0 amide bonds. The number of anilines is 1. The van der Waals surface area contributed by atoms with Crippen LogP contribution < -0.4 is 4.90 Å². The van der Waals surface area contributed by atoms with Crippen molar-refractivity contribution in [3.63, 3.8) is 0 Å². The van der Waals surface area contributed by atoms with Crippen molar-refractivity contribution in [1.82, 2.24) is 0 Å². The van der Waals surface area contributed by atoms with Crippen molar-refractivity contribution in [3.8, 4) is 0 Å². The van der Waals surface area contributed by atoms with Crippen molar-refractivity contribution in [2.75, 3.05) is 17.4 Å². The number of hydrogen-bond donors (Lipinski definition) is 0. The van der Waals surface area contributed by atoms with Crippen molar-refractivity contribution in [2.24, 2.45) is 0 Å². The van der Waals surface area contributed by atoms with Gasteiger partial charge in [0, 0.05) is 0 Å². The van der Waals surface area contributed by atoms with Gasteiger partial charge in [0.15, 0.2) is 0 Å². The van der Waals surface area contributed by atoms with Gasteiger partial charge in [-0.3, -0.25) is 0 Å². The second-order valence-corrected chi connectivity index (χ2v) is 5.68. The minimum absolute atomic E-state index is 0.778. The van der Waals surface area contributed by atoms with Crippen molar-refractivity contribution in [2.45, 2.75) is 25.1 Å². The van der Waals surface area contributed by atoms with Gasteiger partial charge in [-0.05, 0) is 0 Å². The summed E-state index contributed by atoms with van der Waals surface area (Å²) in [6.45, 7) is 2.26. The summed E-state index contributed by atoms with van der Waals surface area (Å²) in [5.74, 6) is 0. The molecule has 0 N–H and O–H groups in total. The van der Waals surface area contributed by atoms with Crippen LogP contribution >= 0.6 is 0 Å². The number of hydrogen-bond acceptors (Lipinski definition) is 1. The number of rotatable bonds is 6. The fourth-order valence-electron chi connectivity index (χ4n) is 1.20. The van der Waals surface area contributed by atoms with Crippen LogP contribution in [0.2, 0.25) is 5.32 Å². The van der Waals surface area contributed by atoms with E-state index in [1.54, 1.807) is 0 Å². The van der Waals surface area contributed by atoms with Gasteiger partial charge in [0.2, 0.25) is 0 Å². The van der Waals surface area contributed by atoms with E-state index in [9.17, 15) is 0 Å². The predicted octanol–water partition coefficient (Wildman–Crippen LogP) is 3.00. The van der Waals surface area contributed by atoms with Crippen LogP contribution in [-0.4, -0.2) is 27.4 Å². The summed E-state index contributed by atoms with van der Waals surface area (Å²) in [6, 6.07) is 10.6. The molecule has 0 aliphatic heterocycles. The van der Waals surface area contributed by atoms with Gasteiger partial charge in [0.05, 0.1) is 0 Å².